The van der Waals surface area contributed by atoms with E-state index in [0.29, 0.717) is 56.2 Å². The highest BCUT2D eigenvalue weighted by Gasteiger charge is 2.53. The quantitative estimate of drug-likeness (QED) is 0.704. The van der Waals surface area contributed by atoms with Crippen molar-refractivity contribution in [1.82, 2.24) is 30.1 Å². The average molecular weight is 467 g/mol. The summed E-state index contributed by atoms with van der Waals surface area (Å²) in [5, 5.41) is 11.8. The number of nitrogens with one attached hydrogen (secondary N) is 1. The van der Waals surface area contributed by atoms with Crippen LogP contribution in [0, 0.1) is 12.8 Å². The van der Waals surface area contributed by atoms with E-state index >= 15 is 0 Å². The number of aryl methyl sites for hydroxylation is 1. The first kappa shape index (κ1) is 23.9. The molecule has 1 N–H and O–H groups in total. The number of nitrogens with zero attached hydrogens (tertiary/aromatic N) is 5. The fourth-order valence-corrected chi connectivity index (χ4v) is 5.03. The van der Waals surface area contributed by atoms with E-state index < -0.39 is 11.6 Å². The molecule has 182 valence electrons. The van der Waals surface area contributed by atoms with Crippen LogP contribution in [0.25, 0.3) is 5.69 Å². The summed E-state index contributed by atoms with van der Waals surface area (Å²) in [6.07, 6.45) is 2.23. The van der Waals surface area contributed by atoms with Crippen LogP contribution in [0.15, 0.2) is 30.3 Å². The maximum absolute atomic E-state index is 13.3. The standard InChI is InChI=1S/C25H34N6O3/c1-5-13-30-22(32)20(16-17(2)3)26-24(34)25(30)11-14-29(15-12-25)23(33)21-18(4)27-31(28-21)19-9-7-6-8-10-19/h6-10,17,20H,5,11-16H2,1-4H3,(H,26,34). The molecular formula is C25H34N6O3. The summed E-state index contributed by atoms with van der Waals surface area (Å²) in [6, 6.07) is 8.99. The van der Waals surface area contributed by atoms with Crippen molar-refractivity contribution < 1.29 is 14.4 Å². The van der Waals surface area contributed by atoms with Gasteiger partial charge in [-0.2, -0.15) is 9.90 Å². The van der Waals surface area contributed by atoms with E-state index in [-0.39, 0.29) is 17.7 Å². The number of likely N-dealkylation sites (tertiary alicyclic amines) is 1. The van der Waals surface area contributed by atoms with Gasteiger partial charge in [-0.1, -0.05) is 39.0 Å². The molecule has 2 aliphatic rings. The summed E-state index contributed by atoms with van der Waals surface area (Å²) >= 11 is 0. The second-order valence-corrected chi connectivity index (χ2v) is 9.73. The number of amides is 3. The van der Waals surface area contributed by atoms with E-state index in [4.69, 9.17) is 0 Å². The van der Waals surface area contributed by atoms with Crippen LogP contribution in [-0.4, -0.2) is 73.7 Å². The molecule has 0 bridgehead atoms. The predicted octanol–water partition coefficient (Wildman–Crippen LogP) is 2.33. The number of benzene rings is 1. The minimum Gasteiger partial charge on any atom is -0.342 e. The molecular weight excluding hydrogens is 432 g/mol. The Hall–Kier alpha value is -3.23. The number of hydrogen-bond donors (Lipinski definition) is 1. The third-order valence-corrected chi connectivity index (χ3v) is 6.81. The molecule has 0 saturated carbocycles. The fourth-order valence-electron chi connectivity index (χ4n) is 5.03. The number of hydrogen-bond acceptors (Lipinski definition) is 5. The van der Waals surface area contributed by atoms with Gasteiger partial charge < -0.3 is 15.1 Å². The fraction of sp³-hybridized carbons (Fsp3) is 0.560. The van der Waals surface area contributed by atoms with Gasteiger partial charge in [0.2, 0.25) is 11.8 Å². The van der Waals surface area contributed by atoms with Crippen molar-refractivity contribution in [2.24, 2.45) is 5.92 Å². The molecule has 3 amide bonds. The van der Waals surface area contributed by atoms with Crippen molar-refractivity contribution in [2.45, 2.75) is 65.0 Å². The number of piperazine rings is 1. The Bertz CT molecular complexity index is 1060. The van der Waals surface area contributed by atoms with Crippen LogP contribution in [-0.2, 0) is 9.59 Å². The van der Waals surface area contributed by atoms with Crippen molar-refractivity contribution in [3.63, 3.8) is 0 Å². The largest absolute Gasteiger partial charge is 0.342 e. The Morgan fingerprint density at radius 1 is 1.15 bits per heavy atom. The highest BCUT2D eigenvalue weighted by Crippen LogP contribution is 2.34. The molecule has 0 radical (unpaired) electrons. The molecule has 1 aromatic heterocycles. The smallest absolute Gasteiger partial charge is 0.276 e. The molecule has 4 rings (SSSR count). The summed E-state index contributed by atoms with van der Waals surface area (Å²) in [5.41, 5.74) is 0.759. The monoisotopic (exact) mass is 466 g/mol. The molecule has 34 heavy (non-hydrogen) atoms. The maximum atomic E-state index is 13.3. The number of para-hydroxylation sites is 1. The van der Waals surface area contributed by atoms with Gasteiger partial charge in [0.25, 0.3) is 5.91 Å². The van der Waals surface area contributed by atoms with E-state index in [1.54, 1.807) is 16.7 Å². The molecule has 2 fully saturated rings. The zero-order chi connectivity index (χ0) is 24.5. The van der Waals surface area contributed by atoms with Crippen molar-refractivity contribution >= 4 is 17.7 Å². The first-order valence-electron chi connectivity index (χ1n) is 12.2. The molecule has 1 aromatic carbocycles. The highest BCUT2D eigenvalue weighted by molar-refractivity contribution is 6.00. The first-order chi connectivity index (χ1) is 16.3. The number of carbonyl (C=O) groups excluding carboxylic acids is 3. The molecule has 1 atom stereocenters. The Morgan fingerprint density at radius 2 is 1.82 bits per heavy atom. The minimum atomic E-state index is -0.895. The zero-order valence-corrected chi connectivity index (χ0v) is 20.5. The lowest BCUT2D eigenvalue weighted by atomic mass is 9.80. The molecule has 9 heteroatoms. The molecule has 0 aliphatic carbocycles. The van der Waals surface area contributed by atoms with Crippen LogP contribution >= 0.6 is 0 Å². The Labute approximate surface area is 200 Å². The Balaban J connectivity index is 1.51. The van der Waals surface area contributed by atoms with Crippen LogP contribution in [0.1, 0.15) is 62.6 Å². The average Bonchev–Trinajstić information content (AvgIpc) is 3.22. The third kappa shape index (κ3) is 4.31. The van der Waals surface area contributed by atoms with Gasteiger partial charge in [0.05, 0.1) is 11.4 Å². The van der Waals surface area contributed by atoms with Crippen LogP contribution in [0.5, 0.6) is 0 Å². The molecule has 2 aromatic rings. The molecule has 1 unspecified atom stereocenters. The molecule has 2 saturated heterocycles. The summed E-state index contributed by atoms with van der Waals surface area (Å²) in [6.45, 7) is 9.19. The van der Waals surface area contributed by atoms with E-state index in [9.17, 15) is 14.4 Å². The second kappa shape index (κ2) is 9.56. The van der Waals surface area contributed by atoms with Crippen molar-refractivity contribution in [3.05, 3.63) is 41.7 Å². The number of rotatable bonds is 6. The van der Waals surface area contributed by atoms with E-state index in [0.717, 1.165) is 12.1 Å². The predicted molar refractivity (Wildman–Crippen MR) is 127 cm³/mol. The van der Waals surface area contributed by atoms with Gasteiger partial charge in [-0.25, -0.2) is 0 Å². The Morgan fingerprint density at radius 3 is 2.44 bits per heavy atom. The van der Waals surface area contributed by atoms with Crippen molar-refractivity contribution in [2.75, 3.05) is 19.6 Å². The normalized spacial score (nSPS) is 20.2. The second-order valence-electron chi connectivity index (χ2n) is 9.73. The SMILES string of the molecule is CCCN1C(=O)C(CC(C)C)NC(=O)C12CCN(C(=O)c1nn(-c3ccccc3)nc1C)CC2. The summed E-state index contributed by atoms with van der Waals surface area (Å²) in [7, 11) is 0. The van der Waals surface area contributed by atoms with Gasteiger partial charge in [-0.3, -0.25) is 14.4 Å². The highest BCUT2D eigenvalue weighted by atomic mass is 16.2. The number of aromatic nitrogens is 3. The van der Waals surface area contributed by atoms with Crippen LogP contribution < -0.4 is 5.32 Å². The molecule has 3 heterocycles. The zero-order valence-electron chi connectivity index (χ0n) is 20.5. The molecule has 2 aliphatic heterocycles. The van der Waals surface area contributed by atoms with Gasteiger partial charge in [0.15, 0.2) is 5.69 Å². The Kier molecular flexibility index (Phi) is 6.72. The number of carbonyl (C=O) groups is 3. The van der Waals surface area contributed by atoms with Crippen molar-refractivity contribution in [3.8, 4) is 5.69 Å². The van der Waals surface area contributed by atoms with Crippen molar-refractivity contribution in [1.29, 1.82) is 0 Å². The summed E-state index contributed by atoms with van der Waals surface area (Å²) in [4.78, 5) is 44.9. The first-order valence-corrected chi connectivity index (χ1v) is 12.2. The molecule has 9 nitrogen and oxygen atoms in total. The third-order valence-electron chi connectivity index (χ3n) is 6.81. The summed E-state index contributed by atoms with van der Waals surface area (Å²) < 4.78 is 0. The lowest BCUT2D eigenvalue weighted by Crippen LogP contribution is -2.73. The van der Waals surface area contributed by atoms with Gasteiger partial charge in [-0.05, 0) is 50.7 Å². The van der Waals surface area contributed by atoms with Gasteiger partial charge in [-0.15, -0.1) is 5.10 Å². The van der Waals surface area contributed by atoms with E-state index in [1.165, 1.54) is 4.80 Å². The van der Waals surface area contributed by atoms with E-state index in [2.05, 4.69) is 15.5 Å². The van der Waals surface area contributed by atoms with Crippen LogP contribution in [0.3, 0.4) is 0 Å². The van der Waals surface area contributed by atoms with E-state index in [1.807, 2.05) is 51.1 Å². The van der Waals surface area contributed by atoms with Gasteiger partial charge in [0, 0.05) is 19.6 Å². The topological polar surface area (TPSA) is 100 Å². The number of piperidine rings is 1. The van der Waals surface area contributed by atoms with Gasteiger partial charge >= 0.3 is 0 Å². The maximum Gasteiger partial charge on any atom is 0.276 e. The lowest BCUT2D eigenvalue weighted by Gasteiger charge is -2.51. The lowest BCUT2D eigenvalue weighted by molar-refractivity contribution is -0.161. The van der Waals surface area contributed by atoms with Crippen LogP contribution in [0.2, 0.25) is 0 Å². The van der Waals surface area contributed by atoms with Gasteiger partial charge in [0.1, 0.15) is 11.6 Å². The summed E-state index contributed by atoms with van der Waals surface area (Å²) in [5.74, 6) is 0.0108. The minimum absolute atomic E-state index is 0.00317. The molecule has 1 spiro atoms. The van der Waals surface area contributed by atoms with Crippen LogP contribution in [0.4, 0.5) is 0 Å².